The quantitative estimate of drug-likeness (QED) is 0.679. The van der Waals surface area contributed by atoms with Gasteiger partial charge >= 0.3 is 0 Å². The van der Waals surface area contributed by atoms with Crippen LogP contribution in [0.3, 0.4) is 0 Å². The van der Waals surface area contributed by atoms with Crippen LogP contribution in [0.2, 0.25) is 0 Å². The van der Waals surface area contributed by atoms with Crippen molar-refractivity contribution in [1.29, 1.82) is 0 Å². The highest BCUT2D eigenvalue weighted by atomic mass is 32.2. The smallest absolute Gasteiger partial charge is 0.251 e. The van der Waals surface area contributed by atoms with Crippen molar-refractivity contribution in [2.75, 3.05) is 0 Å². The van der Waals surface area contributed by atoms with Crippen LogP contribution in [0.4, 0.5) is 0 Å². The van der Waals surface area contributed by atoms with E-state index in [4.69, 9.17) is 4.42 Å². The van der Waals surface area contributed by atoms with Crippen molar-refractivity contribution >= 4 is 15.7 Å². The minimum Gasteiger partial charge on any atom is -0.469 e. The molecule has 0 bridgehead atoms. The van der Waals surface area contributed by atoms with Crippen LogP contribution in [-0.4, -0.2) is 14.3 Å². The van der Waals surface area contributed by atoms with Crippen LogP contribution in [0.5, 0.6) is 0 Å². The second kappa shape index (κ2) is 7.87. The van der Waals surface area contributed by atoms with E-state index >= 15 is 0 Å². The lowest BCUT2D eigenvalue weighted by atomic mass is 9.93. The average Bonchev–Trinajstić information content (AvgIpc) is 3.18. The van der Waals surface area contributed by atoms with E-state index in [-0.39, 0.29) is 17.7 Å². The Kier molecular flexibility index (Phi) is 5.28. The fourth-order valence-corrected chi connectivity index (χ4v) is 5.03. The molecule has 0 saturated heterocycles. The molecule has 150 valence electrons. The van der Waals surface area contributed by atoms with E-state index in [1.165, 1.54) is 0 Å². The molecule has 0 aliphatic heterocycles. The Morgan fingerprint density at radius 3 is 2.52 bits per heavy atom. The van der Waals surface area contributed by atoms with Crippen LogP contribution < -0.4 is 5.32 Å². The Morgan fingerprint density at radius 2 is 1.79 bits per heavy atom. The van der Waals surface area contributed by atoms with Gasteiger partial charge in [0.2, 0.25) is 0 Å². The number of rotatable bonds is 5. The van der Waals surface area contributed by atoms with E-state index in [0.29, 0.717) is 16.0 Å². The molecule has 1 aromatic heterocycles. The van der Waals surface area contributed by atoms with Gasteiger partial charge in [-0.3, -0.25) is 4.79 Å². The fraction of sp³-hybridized carbons (Fsp3) is 0.261. The molecule has 2 aromatic carbocycles. The van der Waals surface area contributed by atoms with Gasteiger partial charge in [-0.25, -0.2) is 8.42 Å². The maximum absolute atomic E-state index is 12.6. The summed E-state index contributed by atoms with van der Waals surface area (Å²) in [6.45, 7) is 1.92. The highest BCUT2D eigenvalue weighted by Gasteiger charge is 2.24. The highest BCUT2D eigenvalue weighted by molar-refractivity contribution is 7.90. The summed E-state index contributed by atoms with van der Waals surface area (Å²) in [6.07, 6.45) is 4.42. The lowest BCUT2D eigenvalue weighted by Gasteiger charge is -2.22. The van der Waals surface area contributed by atoms with E-state index in [2.05, 4.69) is 5.32 Å². The van der Waals surface area contributed by atoms with Crippen LogP contribution in [0, 0.1) is 6.92 Å². The maximum atomic E-state index is 12.6. The number of amides is 1. The van der Waals surface area contributed by atoms with Crippen LogP contribution in [-0.2, 0) is 22.0 Å². The van der Waals surface area contributed by atoms with Crippen molar-refractivity contribution < 1.29 is 17.6 Å². The van der Waals surface area contributed by atoms with Crippen molar-refractivity contribution in [2.45, 2.75) is 42.9 Å². The van der Waals surface area contributed by atoms with E-state index < -0.39 is 9.84 Å². The Hall–Kier alpha value is -2.86. The van der Waals surface area contributed by atoms with Gasteiger partial charge in [-0.2, -0.15) is 0 Å². The molecule has 29 heavy (non-hydrogen) atoms. The Morgan fingerprint density at radius 1 is 1.07 bits per heavy atom. The van der Waals surface area contributed by atoms with Gasteiger partial charge in [0.15, 0.2) is 9.84 Å². The first-order chi connectivity index (χ1) is 13.9. The van der Waals surface area contributed by atoms with Gasteiger partial charge in [0.05, 0.1) is 23.0 Å². The molecular weight excluding hydrogens is 386 g/mol. The van der Waals surface area contributed by atoms with Crippen LogP contribution in [0.15, 0.2) is 70.2 Å². The lowest BCUT2D eigenvalue weighted by molar-refractivity contribution is 0.0932. The third kappa shape index (κ3) is 4.27. The summed E-state index contributed by atoms with van der Waals surface area (Å²) in [5.41, 5.74) is 3.22. The number of fused-ring (bicyclic) bond motifs is 1. The molecule has 1 N–H and O–H groups in total. The standard InChI is InChI=1S/C23H23NO4S/c1-16-5-11-19(12-6-16)29(26,27)15-17-7-9-18(10-8-17)23(25)24-21-3-2-4-22-20(21)13-14-28-22/h5-14,21H,2-4,15H2,1H3,(H,24,25). The van der Waals surface area contributed by atoms with Crippen LogP contribution in [0.1, 0.15) is 51.7 Å². The molecular formula is C23H23NO4S. The molecule has 1 heterocycles. The predicted octanol–water partition coefficient (Wildman–Crippen LogP) is 4.37. The Balaban J connectivity index is 1.44. The van der Waals surface area contributed by atoms with Gasteiger partial charge in [0, 0.05) is 17.5 Å². The molecule has 3 aromatic rings. The number of sulfone groups is 1. The molecule has 0 radical (unpaired) electrons. The Bertz CT molecular complexity index is 1110. The number of aryl methyl sites for hydroxylation is 2. The number of furan rings is 1. The number of hydrogen-bond donors (Lipinski definition) is 1. The zero-order valence-corrected chi connectivity index (χ0v) is 17.0. The van der Waals surface area contributed by atoms with Crippen LogP contribution in [0.25, 0.3) is 0 Å². The molecule has 1 atom stereocenters. The fourth-order valence-electron chi connectivity index (χ4n) is 3.68. The second-order valence-corrected chi connectivity index (χ2v) is 9.48. The molecule has 1 aliphatic carbocycles. The molecule has 0 saturated carbocycles. The summed E-state index contributed by atoms with van der Waals surface area (Å²) in [5.74, 6) is 0.675. The van der Waals surface area contributed by atoms with Gasteiger partial charge in [-0.05, 0) is 55.7 Å². The third-order valence-corrected chi connectivity index (χ3v) is 7.01. The minimum atomic E-state index is -3.42. The molecule has 4 rings (SSSR count). The number of hydrogen-bond acceptors (Lipinski definition) is 4. The van der Waals surface area contributed by atoms with E-state index in [1.54, 1.807) is 54.8 Å². The molecule has 1 unspecified atom stereocenters. The summed E-state index contributed by atoms with van der Waals surface area (Å²) in [6, 6.07) is 15.4. The van der Waals surface area contributed by atoms with Crippen molar-refractivity contribution in [2.24, 2.45) is 0 Å². The van der Waals surface area contributed by atoms with E-state index in [0.717, 1.165) is 36.1 Å². The first kappa shape index (κ1) is 19.5. The molecule has 6 heteroatoms. The summed E-state index contributed by atoms with van der Waals surface area (Å²) in [4.78, 5) is 12.9. The largest absolute Gasteiger partial charge is 0.469 e. The molecule has 5 nitrogen and oxygen atoms in total. The number of nitrogens with one attached hydrogen (secondary N) is 1. The van der Waals surface area contributed by atoms with Gasteiger partial charge in [-0.1, -0.05) is 29.8 Å². The summed E-state index contributed by atoms with van der Waals surface area (Å²) in [7, 11) is -3.42. The first-order valence-electron chi connectivity index (χ1n) is 9.68. The van der Waals surface area contributed by atoms with Gasteiger partial charge in [0.1, 0.15) is 5.76 Å². The average molecular weight is 410 g/mol. The summed E-state index contributed by atoms with van der Waals surface area (Å²) < 4.78 is 30.7. The molecule has 1 aliphatic rings. The topological polar surface area (TPSA) is 76.4 Å². The Labute approximate surface area is 170 Å². The van der Waals surface area contributed by atoms with Crippen molar-refractivity contribution in [3.8, 4) is 0 Å². The summed E-state index contributed by atoms with van der Waals surface area (Å²) in [5, 5.41) is 3.06. The van der Waals surface area contributed by atoms with E-state index in [9.17, 15) is 13.2 Å². The number of benzene rings is 2. The monoisotopic (exact) mass is 409 g/mol. The van der Waals surface area contributed by atoms with Gasteiger partial charge in [0.25, 0.3) is 5.91 Å². The predicted molar refractivity (Wildman–Crippen MR) is 110 cm³/mol. The zero-order chi connectivity index (χ0) is 20.4. The van der Waals surface area contributed by atoms with Crippen molar-refractivity contribution in [3.63, 3.8) is 0 Å². The van der Waals surface area contributed by atoms with Crippen molar-refractivity contribution in [1.82, 2.24) is 5.32 Å². The second-order valence-electron chi connectivity index (χ2n) is 7.49. The maximum Gasteiger partial charge on any atom is 0.251 e. The normalized spacial score (nSPS) is 16.2. The molecule has 0 spiro atoms. The van der Waals surface area contributed by atoms with Crippen LogP contribution >= 0.6 is 0 Å². The van der Waals surface area contributed by atoms with Crippen molar-refractivity contribution in [3.05, 3.63) is 88.9 Å². The zero-order valence-electron chi connectivity index (χ0n) is 16.2. The van der Waals surface area contributed by atoms with Gasteiger partial charge in [-0.15, -0.1) is 0 Å². The SMILES string of the molecule is Cc1ccc(S(=O)(=O)Cc2ccc(C(=O)NC3CCCc4occc43)cc2)cc1. The van der Waals surface area contributed by atoms with E-state index in [1.807, 2.05) is 13.0 Å². The summed E-state index contributed by atoms with van der Waals surface area (Å²) >= 11 is 0. The highest BCUT2D eigenvalue weighted by Crippen LogP contribution is 2.30. The molecule has 0 fully saturated rings. The third-order valence-electron chi connectivity index (χ3n) is 5.31. The molecule has 1 amide bonds. The first-order valence-corrected chi connectivity index (χ1v) is 11.3. The number of carbonyl (C=O) groups is 1. The minimum absolute atomic E-state index is 0.0495. The lowest BCUT2D eigenvalue weighted by Crippen LogP contribution is -2.30. The van der Waals surface area contributed by atoms with Gasteiger partial charge < -0.3 is 9.73 Å². The number of carbonyl (C=O) groups excluding carboxylic acids is 1.